The van der Waals surface area contributed by atoms with E-state index >= 15 is 0 Å². The first-order valence-corrected chi connectivity index (χ1v) is 11.3. The summed E-state index contributed by atoms with van der Waals surface area (Å²) in [7, 11) is -1.98. The molecule has 0 aliphatic carbocycles. The molecule has 0 saturated carbocycles. The summed E-state index contributed by atoms with van der Waals surface area (Å²) < 4.78 is 26.6. The molecule has 0 fully saturated rings. The molecular formula is C24H23NO5S. The fraction of sp³-hybridized carbons (Fsp3) is 0.167. The van der Waals surface area contributed by atoms with Gasteiger partial charge in [-0.05, 0) is 22.8 Å². The van der Waals surface area contributed by atoms with Crippen molar-refractivity contribution in [1.82, 2.24) is 4.31 Å². The number of hydrogen-bond acceptors (Lipinski definition) is 4. The van der Waals surface area contributed by atoms with Crippen LogP contribution < -0.4 is 0 Å². The lowest BCUT2D eigenvalue weighted by atomic mass is 9.97. The average Bonchev–Trinajstić information content (AvgIpc) is 2.74. The number of nitrogens with zero attached hydrogens (tertiary/aromatic N) is 1. The van der Waals surface area contributed by atoms with E-state index in [0.717, 1.165) is 5.56 Å². The third-order valence-electron chi connectivity index (χ3n) is 4.89. The molecule has 0 aliphatic rings. The van der Waals surface area contributed by atoms with Crippen LogP contribution in [-0.2, 0) is 28.7 Å². The maximum absolute atomic E-state index is 12.7. The van der Waals surface area contributed by atoms with Gasteiger partial charge in [-0.1, -0.05) is 72.8 Å². The van der Waals surface area contributed by atoms with Crippen LogP contribution in [0, 0.1) is 0 Å². The van der Waals surface area contributed by atoms with Crippen LogP contribution in [0.1, 0.15) is 37.4 Å². The first-order chi connectivity index (χ1) is 14.8. The predicted molar refractivity (Wildman–Crippen MR) is 118 cm³/mol. The third-order valence-corrected chi connectivity index (χ3v) is 6.66. The molecule has 0 bridgehead atoms. The van der Waals surface area contributed by atoms with Crippen LogP contribution in [0.5, 0.6) is 0 Å². The summed E-state index contributed by atoms with van der Waals surface area (Å²) >= 11 is 0. The molecule has 0 unspecified atom stereocenters. The zero-order valence-corrected chi connectivity index (χ0v) is 17.9. The fourth-order valence-electron chi connectivity index (χ4n) is 3.28. The summed E-state index contributed by atoms with van der Waals surface area (Å²) in [4.78, 5) is 24.0. The molecule has 7 heteroatoms. The number of sulfonamides is 1. The van der Waals surface area contributed by atoms with Gasteiger partial charge in [0.1, 0.15) is 0 Å². The summed E-state index contributed by atoms with van der Waals surface area (Å²) in [5, 5.41) is 9.29. The van der Waals surface area contributed by atoms with Crippen LogP contribution in [-0.4, -0.2) is 36.6 Å². The van der Waals surface area contributed by atoms with E-state index in [1.807, 2.05) is 6.07 Å². The molecule has 0 aliphatic heterocycles. The van der Waals surface area contributed by atoms with Crippen molar-refractivity contribution in [1.29, 1.82) is 0 Å². The molecule has 0 radical (unpaired) electrons. The van der Waals surface area contributed by atoms with Gasteiger partial charge in [0.05, 0.1) is 11.3 Å². The number of carboxylic acids is 1. The smallest absolute Gasteiger partial charge is 0.336 e. The molecular weight excluding hydrogens is 414 g/mol. The Morgan fingerprint density at radius 1 is 0.806 bits per heavy atom. The minimum Gasteiger partial charge on any atom is -0.478 e. The van der Waals surface area contributed by atoms with E-state index in [0.29, 0.717) is 11.1 Å². The topological polar surface area (TPSA) is 91.8 Å². The van der Waals surface area contributed by atoms with E-state index in [-0.39, 0.29) is 35.6 Å². The molecule has 0 amide bonds. The van der Waals surface area contributed by atoms with E-state index in [1.165, 1.54) is 23.5 Å². The Hall–Kier alpha value is -3.29. The molecule has 0 aromatic heterocycles. The molecule has 1 N–H and O–H groups in total. The molecule has 31 heavy (non-hydrogen) atoms. The third kappa shape index (κ3) is 5.87. The highest BCUT2D eigenvalue weighted by Gasteiger charge is 2.20. The van der Waals surface area contributed by atoms with Gasteiger partial charge in [0, 0.05) is 25.6 Å². The highest BCUT2D eigenvalue weighted by molar-refractivity contribution is 7.88. The van der Waals surface area contributed by atoms with Crippen LogP contribution in [0.25, 0.3) is 0 Å². The highest BCUT2D eigenvalue weighted by atomic mass is 32.2. The molecule has 3 aromatic rings. The van der Waals surface area contributed by atoms with Crippen LogP contribution in [0.2, 0.25) is 0 Å². The van der Waals surface area contributed by atoms with Gasteiger partial charge in [-0.3, -0.25) is 4.79 Å². The minimum absolute atomic E-state index is 0.0264. The number of aromatic carboxylic acids is 1. The van der Waals surface area contributed by atoms with Gasteiger partial charge in [-0.2, -0.15) is 0 Å². The molecule has 0 saturated heterocycles. The maximum atomic E-state index is 12.7. The number of hydrogen-bond donors (Lipinski definition) is 1. The zero-order chi connectivity index (χ0) is 22.4. The number of carbonyl (C=O) groups excluding carboxylic acids is 1. The summed E-state index contributed by atoms with van der Waals surface area (Å²) in [6.07, 6.45) is 0.0264. The Balaban J connectivity index is 1.72. The monoisotopic (exact) mass is 437 g/mol. The van der Waals surface area contributed by atoms with Gasteiger partial charge >= 0.3 is 5.97 Å². The first-order valence-electron chi connectivity index (χ1n) is 9.67. The summed E-state index contributed by atoms with van der Waals surface area (Å²) in [6, 6.07) is 22.2. The van der Waals surface area contributed by atoms with Crippen molar-refractivity contribution in [3.63, 3.8) is 0 Å². The number of carbonyl (C=O) groups is 2. The second-order valence-electron chi connectivity index (χ2n) is 7.27. The normalized spacial score (nSPS) is 11.4. The van der Waals surface area contributed by atoms with Crippen molar-refractivity contribution in [3.8, 4) is 0 Å². The van der Waals surface area contributed by atoms with E-state index in [9.17, 15) is 23.1 Å². The molecule has 0 spiro atoms. The molecule has 3 aromatic carbocycles. The van der Waals surface area contributed by atoms with Crippen LogP contribution in [0.15, 0.2) is 78.9 Å². The molecule has 160 valence electrons. The van der Waals surface area contributed by atoms with Crippen molar-refractivity contribution in [2.24, 2.45) is 0 Å². The summed E-state index contributed by atoms with van der Waals surface area (Å²) in [5.74, 6) is -1.54. The lowest BCUT2D eigenvalue weighted by molar-refractivity contribution is 0.0692. The number of Topliss-reactive ketones (excluding diaryl/α,β-unsaturated/α-hetero) is 1. The van der Waals surface area contributed by atoms with E-state index in [2.05, 4.69) is 0 Å². The Bertz CT molecular complexity index is 1190. The van der Waals surface area contributed by atoms with Crippen molar-refractivity contribution in [3.05, 3.63) is 107 Å². The number of rotatable bonds is 9. The van der Waals surface area contributed by atoms with Crippen molar-refractivity contribution in [2.75, 3.05) is 7.05 Å². The van der Waals surface area contributed by atoms with Crippen molar-refractivity contribution < 1.29 is 23.1 Å². The van der Waals surface area contributed by atoms with Gasteiger partial charge in [-0.25, -0.2) is 17.5 Å². The Kier molecular flexibility index (Phi) is 6.99. The molecule has 3 rings (SSSR count). The summed E-state index contributed by atoms with van der Waals surface area (Å²) in [5.41, 5.74) is 2.27. The lowest BCUT2D eigenvalue weighted by Gasteiger charge is -2.18. The van der Waals surface area contributed by atoms with Gasteiger partial charge in [0.2, 0.25) is 10.0 Å². The Labute approximate surface area is 181 Å². The van der Waals surface area contributed by atoms with Gasteiger partial charge in [-0.15, -0.1) is 0 Å². The fourth-order valence-corrected chi connectivity index (χ4v) is 4.46. The number of benzene rings is 3. The van der Waals surface area contributed by atoms with Crippen LogP contribution >= 0.6 is 0 Å². The van der Waals surface area contributed by atoms with E-state index < -0.39 is 16.0 Å². The van der Waals surface area contributed by atoms with Gasteiger partial charge in [0.25, 0.3) is 0 Å². The van der Waals surface area contributed by atoms with Crippen molar-refractivity contribution >= 4 is 21.8 Å². The standard InChI is InChI=1S/C24H23NO5S/c1-25(31(29,30)17-18-8-3-2-4-9-18)16-20-11-7-10-19(14-20)15-23(26)21-12-5-6-13-22(21)24(27)28/h2-14H,15-17H2,1H3,(H,27,28). The largest absolute Gasteiger partial charge is 0.478 e. The highest BCUT2D eigenvalue weighted by Crippen LogP contribution is 2.17. The SMILES string of the molecule is CN(Cc1cccc(CC(=O)c2ccccc2C(=O)O)c1)S(=O)(=O)Cc1ccccc1. The minimum atomic E-state index is -3.50. The molecule has 0 atom stereocenters. The van der Waals surface area contributed by atoms with E-state index in [4.69, 9.17) is 0 Å². The molecule has 6 nitrogen and oxygen atoms in total. The van der Waals surface area contributed by atoms with Crippen molar-refractivity contribution in [2.45, 2.75) is 18.7 Å². The van der Waals surface area contributed by atoms with E-state index in [1.54, 1.807) is 60.7 Å². The van der Waals surface area contributed by atoms with Crippen LogP contribution in [0.3, 0.4) is 0 Å². The van der Waals surface area contributed by atoms with Gasteiger partial charge < -0.3 is 5.11 Å². The molecule has 0 heterocycles. The second-order valence-corrected chi connectivity index (χ2v) is 9.34. The zero-order valence-electron chi connectivity index (χ0n) is 17.1. The quantitative estimate of drug-likeness (QED) is 0.515. The first kappa shape index (κ1) is 22.4. The van der Waals surface area contributed by atoms with Crippen LogP contribution in [0.4, 0.5) is 0 Å². The Morgan fingerprint density at radius 2 is 1.39 bits per heavy atom. The second kappa shape index (κ2) is 9.68. The number of carboxylic acid groups (broad SMARTS) is 1. The predicted octanol–water partition coefficient (Wildman–Crippen LogP) is 3.77. The summed E-state index contributed by atoms with van der Waals surface area (Å²) in [6.45, 7) is 0.170. The van der Waals surface area contributed by atoms with Gasteiger partial charge in [0.15, 0.2) is 5.78 Å². The lowest BCUT2D eigenvalue weighted by Crippen LogP contribution is -2.27. The number of ketones is 1. The maximum Gasteiger partial charge on any atom is 0.336 e. The Morgan fingerprint density at radius 3 is 2.06 bits per heavy atom. The average molecular weight is 438 g/mol.